The van der Waals surface area contributed by atoms with Crippen molar-refractivity contribution in [2.24, 2.45) is 0 Å². The second-order valence-electron chi connectivity index (χ2n) is 8.06. The smallest absolute Gasteiger partial charge is 0.416 e. The van der Waals surface area contributed by atoms with E-state index in [1.165, 1.54) is 12.1 Å². The van der Waals surface area contributed by atoms with Crippen molar-refractivity contribution in [3.05, 3.63) is 72.3 Å². The molecule has 7 heteroatoms. The molecule has 0 fully saturated rings. The summed E-state index contributed by atoms with van der Waals surface area (Å²) in [5.74, 6) is 1.83. The zero-order chi connectivity index (χ0) is 22.2. The molecule has 0 spiro atoms. The van der Waals surface area contributed by atoms with E-state index in [4.69, 9.17) is 14.0 Å². The molecule has 1 heterocycles. The fourth-order valence-corrected chi connectivity index (χ4v) is 3.10. The van der Waals surface area contributed by atoms with Crippen molar-refractivity contribution >= 4 is 11.0 Å². The van der Waals surface area contributed by atoms with E-state index in [1.807, 2.05) is 39.0 Å². The monoisotopic (exact) mass is 427 g/mol. The summed E-state index contributed by atoms with van der Waals surface area (Å²) in [6, 6.07) is 17.3. The van der Waals surface area contributed by atoms with Gasteiger partial charge < -0.3 is 14.0 Å². The molecule has 160 valence electrons. The molecule has 4 rings (SSSR count). The molecule has 4 nitrogen and oxygen atoms in total. The van der Waals surface area contributed by atoms with Crippen LogP contribution in [0.2, 0.25) is 0 Å². The maximum absolute atomic E-state index is 12.8. The first-order valence-electron chi connectivity index (χ1n) is 9.62. The lowest BCUT2D eigenvalue weighted by molar-refractivity contribution is -0.137. The molecule has 3 aromatic carbocycles. The number of hydrogen-bond acceptors (Lipinski definition) is 4. The molecule has 4 aromatic rings. The maximum Gasteiger partial charge on any atom is 0.416 e. The molecule has 0 aliphatic carbocycles. The molecular weight excluding hydrogens is 407 g/mol. The third-order valence-electron chi connectivity index (χ3n) is 4.39. The van der Waals surface area contributed by atoms with Crippen molar-refractivity contribution in [2.75, 3.05) is 0 Å². The van der Waals surface area contributed by atoms with Gasteiger partial charge in [0.2, 0.25) is 0 Å². The van der Waals surface area contributed by atoms with Gasteiger partial charge in [-0.2, -0.15) is 13.2 Å². The van der Waals surface area contributed by atoms with E-state index in [0.29, 0.717) is 39.5 Å². The van der Waals surface area contributed by atoms with Crippen LogP contribution in [-0.2, 0) is 6.18 Å². The number of benzene rings is 3. The molecule has 0 N–H and O–H groups in total. The quantitative estimate of drug-likeness (QED) is 0.339. The first-order valence-corrected chi connectivity index (χ1v) is 9.62. The number of fused-ring (bicyclic) bond motifs is 1. The Kier molecular flexibility index (Phi) is 5.13. The van der Waals surface area contributed by atoms with Crippen LogP contribution in [0.3, 0.4) is 0 Å². The van der Waals surface area contributed by atoms with Gasteiger partial charge in [-0.3, -0.25) is 0 Å². The Morgan fingerprint density at radius 3 is 2.16 bits per heavy atom. The predicted octanol–water partition coefficient (Wildman–Crippen LogP) is 7.48. The van der Waals surface area contributed by atoms with Crippen molar-refractivity contribution in [3.8, 4) is 28.5 Å². The predicted molar refractivity (Wildman–Crippen MR) is 111 cm³/mol. The Balaban J connectivity index is 1.57. The van der Waals surface area contributed by atoms with Crippen LogP contribution in [0.4, 0.5) is 13.2 Å². The minimum atomic E-state index is -4.38. The van der Waals surface area contributed by atoms with Crippen LogP contribution in [0.25, 0.3) is 22.2 Å². The summed E-state index contributed by atoms with van der Waals surface area (Å²) in [6.45, 7) is 5.89. The molecule has 0 atom stereocenters. The third kappa shape index (κ3) is 4.82. The van der Waals surface area contributed by atoms with E-state index in [0.717, 1.165) is 12.1 Å². The molecule has 0 radical (unpaired) electrons. The number of halogens is 3. The number of alkyl halides is 3. The second-order valence-corrected chi connectivity index (χ2v) is 8.06. The first-order chi connectivity index (χ1) is 14.6. The van der Waals surface area contributed by atoms with Crippen LogP contribution < -0.4 is 9.47 Å². The van der Waals surface area contributed by atoms with Gasteiger partial charge in [0.05, 0.1) is 5.56 Å². The molecule has 0 unspecified atom stereocenters. The molecule has 0 aliphatic rings. The van der Waals surface area contributed by atoms with Gasteiger partial charge >= 0.3 is 6.18 Å². The number of rotatable bonds is 4. The average molecular weight is 427 g/mol. The molecular formula is C24H20F3NO3. The highest BCUT2D eigenvalue weighted by atomic mass is 19.4. The number of aromatic nitrogens is 1. The van der Waals surface area contributed by atoms with Gasteiger partial charge in [0, 0.05) is 23.1 Å². The minimum Gasteiger partial charge on any atom is -0.488 e. The summed E-state index contributed by atoms with van der Waals surface area (Å²) in [7, 11) is 0. The fraction of sp³-hybridized carbons (Fsp3) is 0.208. The topological polar surface area (TPSA) is 44.5 Å². The maximum atomic E-state index is 12.8. The summed E-state index contributed by atoms with van der Waals surface area (Å²) >= 11 is 0. The standard InChI is InChI=1S/C24H20F3NO3/c1-23(2,3)30-19-6-4-5-17(13-19)29-18-11-12-20-21(14-18)31-28-22(20)15-7-9-16(10-8-15)24(25,26)27/h4-14H,1-3H3. The summed E-state index contributed by atoms with van der Waals surface area (Å²) in [6.07, 6.45) is -4.38. The van der Waals surface area contributed by atoms with Crippen LogP contribution in [0.1, 0.15) is 26.3 Å². The normalized spacial score (nSPS) is 12.2. The molecule has 1 aromatic heterocycles. The van der Waals surface area contributed by atoms with Crippen LogP contribution >= 0.6 is 0 Å². The van der Waals surface area contributed by atoms with Crippen molar-refractivity contribution in [3.63, 3.8) is 0 Å². The Bertz CT molecular complexity index is 1210. The molecule has 0 amide bonds. The summed E-state index contributed by atoms with van der Waals surface area (Å²) in [4.78, 5) is 0. The van der Waals surface area contributed by atoms with Crippen LogP contribution in [0.5, 0.6) is 17.2 Å². The Hall–Kier alpha value is -3.48. The summed E-state index contributed by atoms with van der Waals surface area (Å²) < 4.78 is 55.5. The SMILES string of the molecule is CC(C)(C)Oc1cccc(Oc2ccc3c(-c4ccc(C(F)(F)F)cc4)noc3c2)c1. The second kappa shape index (κ2) is 7.65. The molecule has 0 saturated carbocycles. The average Bonchev–Trinajstić information content (AvgIpc) is 3.09. The first kappa shape index (κ1) is 20.8. The van der Waals surface area contributed by atoms with E-state index in [-0.39, 0.29) is 5.60 Å². The highest BCUT2D eigenvalue weighted by Crippen LogP contribution is 2.35. The van der Waals surface area contributed by atoms with Gasteiger partial charge in [0.1, 0.15) is 28.5 Å². The van der Waals surface area contributed by atoms with Gasteiger partial charge in [0.15, 0.2) is 5.58 Å². The Morgan fingerprint density at radius 2 is 1.48 bits per heavy atom. The lowest BCUT2D eigenvalue weighted by Gasteiger charge is -2.21. The van der Waals surface area contributed by atoms with Gasteiger partial charge in [0.25, 0.3) is 0 Å². The third-order valence-corrected chi connectivity index (χ3v) is 4.39. The summed E-state index contributed by atoms with van der Waals surface area (Å²) in [5.41, 5.74) is 0.432. The van der Waals surface area contributed by atoms with E-state index in [1.54, 1.807) is 24.3 Å². The Morgan fingerprint density at radius 1 is 0.806 bits per heavy atom. The zero-order valence-corrected chi connectivity index (χ0v) is 17.2. The lowest BCUT2D eigenvalue weighted by Crippen LogP contribution is -2.22. The van der Waals surface area contributed by atoms with E-state index in [2.05, 4.69) is 5.16 Å². The zero-order valence-electron chi connectivity index (χ0n) is 17.2. The molecule has 0 bridgehead atoms. The van der Waals surface area contributed by atoms with Crippen molar-refractivity contribution in [2.45, 2.75) is 32.5 Å². The fourth-order valence-electron chi connectivity index (χ4n) is 3.10. The minimum absolute atomic E-state index is 0.327. The van der Waals surface area contributed by atoms with Gasteiger partial charge in [-0.1, -0.05) is 23.4 Å². The molecule has 31 heavy (non-hydrogen) atoms. The number of nitrogens with zero attached hydrogens (tertiary/aromatic N) is 1. The van der Waals surface area contributed by atoms with E-state index < -0.39 is 11.7 Å². The van der Waals surface area contributed by atoms with E-state index >= 15 is 0 Å². The van der Waals surface area contributed by atoms with Gasteiger partial charge in [-0.15, -0.1) is 0 Å². The van der Waals surface area contributed by atoms with Crippen molar-refractivity contribution in [1.82, 2.24) is 5.16 Å². The lowest BCUT2D eigenvalue weighted by atomic mass is 10.1. The van der Waals surface area contributed by atoms with E-state index in [9.17, 15) is 13.2 Å². The van der Waals surface area contributed by atoms with Crippen LogP contribution in [-0.4, -0.2) is 10.8 Å². The van der Waals surface area contributed by atoms with Crippen LogP contribution in [0, 0.1) is 0 Å². The summed E-state index contributed by atoms with van der Waals surface area (Å²) in [5, 5.41) is 4.71. The van der Waals surface area contributed by atoms with Gasteiger partial charge in [-0.25, -0.2) is 0 Å². The van der Waals surface area contributed by atoms with Crippen molar-refractivity contribution < 1.29 is 27.2 Å². The largest absolute Gasteiger partial charge is 0.488 e. The van der Waals surface area contributed by atoms with Crippen molar-refractivity contribution in [1.29, 1.82) is 0 Å². The van der Waals surface area contributed by atoms with Crippen LogP contribution in [0.15, 0.2) is 71.3 Å². The Labute approximate surface area is 177 Å². The number of ether oxygens (including phenoxy) is 2. The number of hydrogen-bond donors (Lipinski definition) is 0. The molecule has 0 aliphatic heterocycles. The highest BCUT2D eigenvalue weighted by molar-refractivity contribution is 5.92. The molecule has 0 saturated heterocycles. The highest BCUT2D eigenvalue weighted by Gasteiger charge is 2.30. The van der Waals surface area contributed by atoms with Gasteiger partial charge in [-0.05, 0) is 57.2 Å².